The van der Waals surface area contributed by atoms with Gasteiger partial charge in [0.25, 0.3) is 0 Å². The summed E-state index contributed by atoms with van der Waals surface area (Å²) >= 11 is 0. The fraction of sp³-hybridized carbons (Fsp3) is 0.375. The minimum atomic E-state index is -0.251. The predicted molar refractivity (Wildman–Crippen MR) is 42.1 cm³/mol. The van der Waals surface area contributed by atoms with Crippen LogP contribution in [0.5, 0.6) is 0 Å². The van der Waals surface area contributed by atoms with Crippen LogP contribution in [0.4, 0.5) is 0 Å². The third-order valence-corrected chi connectivity index (χ3v) is 1.94. The van der Waals surface area contributed by atoms with Gasteiger partial charge in [0.1, 0.15) is 5.76 Å². The van der Waals surface area contributed by atoms with Crippen LogP contribution in [0.1, 0.15) is 27.4 Å². The van der Waals surface area contributed by atoms with Gasteiger partial charge in [0.05, 0.1) is 0 Å². The average Bonchev–Trinajstić information content (AvgIpc) is 2.17. The van der Waals surface area contributed by atoms with E-state index in [1.165, 1.54) is 0 Å². The molecule has 1 aromatic heterocycles. The maximum Gasteiger partial charge on any atom is 0.376 e. The van der Waals surface area contributed by atoms with Crippen LogP contribution < -0.4 is 5.73 Å². The second kappa shape index (κ2) is 3.51. The highest BCUT2D eigenvalue weighted by Crippen LogP contribution is 2.18. The van der Waals surface area contributed by atoms with Gasteiger partial charge in [-0.1, -0.05) is 0 Å². The van der Waals surface area contributed by atoms with Crippen molar-refractivity contribution in [2.24, 2.45) is 0 Å². The molecule has 0 unspecified atom stereocenters. The van der Waals surface area contributed by atoms with Crippen molar-refractivity contribution in [1.82, 2.24) is 0 Å². The van der Waals surface area contributed by atoms with E-state index >= 15 is 0 Å². The third-order valence-electron chi connectivity index (χ3n) is 1.94. The predicted octanol–water partition coefficient (Wildman–Crippen LogP) is 0.410. The van der Waals surface area contributed by atoms with Gasteiger partial charge in [0, 0.05) is 5.56 Å². The highest BCUT2D eigenvalue weighted by Gasteiger charge is 2.16. The zero-order valence-electron chi connectivity index (χ0n) is 7.47. The fourth-order valence-electron chi connectivity index (χ4n) is 1.01. The molecule has 1 amide bonds. The number of quaternary nitrogens is 1. The van der Waals surface area contributed by atoms with Crippen molar-refractivity contribution in [1.29, 1.82) is 0 Å². The summed E-state index contributed by atoms with van der Waals surface area (Å²) in [6.07, 6.45) is 0. The highest BCUT2D eigenvalue weighted by molar-refractivity contribution is 5.84. The van der Waals surface area contributed by atoms with Crippen molar-refractivity contribution in [3.05, 3.63) is 22.6 Å². The molecule has 0 saturated carbocycles. The fourth-order valence-corrected chi connectivity index (χ4v) is 1.01. The first-order valence-corrected chi connectivity index (χ1v) is 3.47. The summed E-state index contributed by atoms with van der Waals surface area (Å²) in [6.45, 7) is 5.64. The van der Waals surface area contributed by atoms with Crippen LogP contribution in [0, 0.1) is 20.8 Å². The standard InChI is InChI=1S/C8H11NO2.H2O/c1-4-5(2)7(8(9)10)11-6(4)3;/h1-3H3,(H2,9,10);1H2. The zero-order chi connectivity index (χ0) is 8.59. The van der Waals surface area contributed by atoms with Crippen molar-refractivity contribution >= 4 is 5.91 Å². The van der Waals surface area contributed by atoms with Crippen LogP contribution >= 0.6 is 0 Å². The summed E-state index contributed by atoms with van der Waals surface area (Å²) in [6, 6.07) is 0. The summed E-state index contributed by atoms with van der Waals surface area (Å²) in [4.78, 5) is 10.8. The molecule has 12 heavy (non-hydrogen) atoms. The quantitative estimate of drug-likeness (QED) is 0.663. The molecule has 0 radical (unpaired) electrons. The first kappa shape index (κ1) is 10.9. The number of furan rings is 1. The van der Waals surface area contributed by atoms with E-state index in [0.717, 1.165) is 16.9 Å². The molecule has 0 fully saturated rings. The number of hydrogen-bond acceptors (Lipinski definition) is 3. The van der Waals surface area contributed by atoms with E-state index in [1.54, 1.807) is 0 Å². The molecule has 0 bridgehead atoms. The normalized spacial score (nSPS) is 9.33. The minimum Gasteiger partial charge on any atom is -0.870 e. The van der Waals surface area contributed by atoms with Crippen LogP contribution in [0.25, 0.3) is 0 Å². The van der Waals surface area contributed by atoms with Crippen molar-refractivity contribution < 1.29 is 20.4 Å². The molecule has 0 saturated heterocycles. The lowest BCUT2D eigenvalue weighted by atomic mass is 10.1. The van der Waals surface area contributed by atoms with Gasteiger partial charge in [-0.2, -0.15) is 0 Å². The van der Waals surface area contributed by atoms with Gasteiger partial charge < -0.3 is 9.89 Å². The SMILES string of the molecule is Cc1oc(C([NH3+])=O)c(C)c1C.[OH-]. The van der Waals surface area contributed by atoms with Gasteiger partial charge in [0.15, 0.2) is 0 Å². The second-order valence-corrected chi connectivity index (χ2v) is 2.66. The lowest BCUT2D eigenvalue weighted by Crippen LogP contribution is -2.56. The van der Waals surface area contributed by atoms with E-state index in [9.17, 15) is 4.79 Å². The molecule has 4 heteroatoms. The second-order valence-electron chi connectivity index (χ2n) is 2.66. The number of rotatable bonds is 1. The maximum absolute atomic E-state index is 10.8. The van der Waals surface area contributed by atoms with Crippen LogP contribution in [-0.4, -0.2) is 11.4 Å². The van der Waals surface area contributed by atoms with Crippen LogP contribution in [-0.2, 0) is 0 Å². The molecule has 68 valence electrons. The Labute approximate surface area is 70.7 Å². The first-order chi connectivity index (χ1) is 5.04. The Bertz CT molecular complexity index is 301. The monoisotopic (exact) mass is 171 g/mol. The van der Waals surface area contributed by atoms with Crippen molar-refractivity contribution in [3.8, 4) is 0 Å². The van der Waals surface area contributed by atoms with E-state index in [4.69, 9.17) is 4.42 Å². The Morgan fingerprint density at radius 2 is 1.75 bits per heavy atom. The van der Waals surface area contributed by atoms with E-state index in [1.807, 2.05) is 20.8 Å². The molecule has 1 aromatic rings. The Hall–Kier alpha value is -1.13. The number of amides is 1. The van der Waals surface area contributed by atoms with Crippen LogP contribution in [0.2, 0.25) is 0 Å². The lowest BCUT2D eigenvalue weighted by molar-refractivity contribution is -0.257. The molecule has 1 heterocycles. The van der Waals surface area contributed by atoms with E-state index in [0.29, 0.717) is 5.76 Å². The third kappa shape index (κ3) is 1.54. The molecule has 0 aromatic carbocycles. The number of carbonyl (C=O) groups excluding carboxylic acids is 1. The zero-order valence-corrected chi connectivity index (χ0v) is 7.47. The molecule has 4 nitrogen and oxygen atoms in total. The summed E-state index contributed by atoms with van der Waals surface area (Å²) in [5.41, 5.74) is 5.24. The highest BCUT2D eigenvalue weighted by atomic mass is 16.3. The van der Waals surface area contributed by atoms with Crippen molar-refractivity contribution in [2.45, 2.75) is 20.8 Å². The summed E-state index contributed by atoms with van der Waals surface area (Å²) in [7, 11) is 0. The largest absolute Gasteiger partial charge is 0.870 e. The molecule has 0 aliphatic rings. The topological polar surface area (TPSA) is 87.8 Å². The lowest BCUT2D eigenvalue weighted by Gasteiger charge is -1.86. The first-order valence-electron chi connectivity index (χ1n) is 3.47. The number of hydrogen-bond donors (Lipinski definition) is 1. The van der Waals surface area contributed by atoms with Gasteiger partial charge in [-0.15, -0.1) is 0 Å². The Morgan fingerprint density at radius 3 is 1.92 bits per heavy atom. The smallest absolute Gasteiger partial charge is 0.376 e. The number of carbonyl (C=O) groups is 1. The molecule has 0 atom stereocenters. The maximum atomic E-state index is 10.8. The van der Waals surface area contributed by atoms with Gasteiger partial charge in [-0.05, 0) is 26.3 Å². The van der Waals surface area contributed by atoms with E-state index in [2.05, 4.69) is 5.73 Å². The minimum absolute atomic E-state index is 0. The Morgan fingerprint density at radius 1 is 1.25 bits per heavy atom. The van der Waals surface area contributed by atoms with Crippen molar-refractivity contribution in [3.63, 3.8) is 0 Å². The number of aryl methyl sites for hydroxylation is 1. The van der Waals surface area contributed by atoms with Crippen LogP contribution in [0.15, 0.2) is 4.42 Å². The molecular weight excluding hydrogens is 158 g/mol. The summed E-state index contributed by atoms with van der Waals surface area (Å²) < 4.78 is 5.19. The Balaban J connectivity index is 0.00000121. The van der Waals surface area contributed by atoms with Gasteiger partial charge in [-0.25, -0.2) is 4.79 Å². The molecule has 0 spiro atoms. The summed E-state index contributed by atoms with van der Waals surface area (Å²) in [5, 5.41) is 0. The van der Waals surface area contributed by atoms with Crippen molar-refractivity contribution in [2.75, 3.05) is 0 Å². The van der Waals surface area contributed by atoms with Crippen LogP contribution in [0.3, 0.4) is 0 Å². The van der Waals surface area contributed by atoms with Gasteiger partial charge in [0.2, 0.25) is 5.76 Å². The van der Waals surface area contributed by atoms with Gasteiger partial charge in [-0.3, -0.25) is 5.73 Å². The molecule has 1 rings (SSSR count). The molecule has 0 aliphatic heterocycles. The van der Waals surface area contributed by atoms with E-state index < -0.39 is 0 Å². The average molecular weight is 171 g/mol. The Kier molecular flexibility index (Phi) is 3.18. The molecule has 0 aliphatic carbocycles. The van der Waals surface area contributed by atoms with E-state index in [-0.39, 0.29) is 11.4 Å². The summed E-state index contributed by atoms with van der Waals surface area (Å²) in [5.74, 6) is 0.938. The van der Waals surface area contributed by atoms with Gasteiger partial charge >= 0.3 is 5.91 Å². The molecular formula is C8H13NO3. The molecule has 4 N–H and O–H groups in total.